The van der Waals surface area contributed by atoms with Crippen LogP contribution in [0.15, 0.2) is 67.1 Å². The molecule has 0 saturated heterocycles. The normalized spacial score (nSPS) is 15.4. The molecule has 1 N–H and O–H groups in total. The number of rotatable bonds is 6. The van der Waals surface area contributed by atoms with Crippen LogP contribution < -0.4 is 10.1 Å². The number of hydrogen-bond donors (Lipinski definition) is 1. The molecule has 0 bridgehead atoms. The van der Waals surface area contributed by atoms with Crippen LogP contribution in [0.2, 0.25) is 0 Å². The van der Waals surface area contributed by atoms with Gasteiger partial charge in [0, 0.05) is 47.4 Å². The summed E-state index contributed by atoms with van der Waals surface area (Å²) >= 11 is 0. The average molecular weight is 429 g/mol. The SMILES string of the molecule is COc1ccc(-c2ncc(CN[C@@H]3CCCc4c3cnn4-c3ccccc3F)cn2)cc1. The Kier molecular flexibility index (Phi) is 5.64. The number of benzene rings is 2. The van der Waals surface area contributed by atoms with Crippen LogP contribution in [0.25, 0.3) is 17.1 Å². The number of ether oxygens (including phenoxy) is 1. The van der Waals surface area contributed by atoms with E-state index >= 15 is 0 Å². The van der Waals surface area contributed by atoms with Gasteiger partial charge in [-0.05, 0) is 55.7 Å². The van der Waals surface area contributed by atoms with Gasteiger partial charge in [-0.1, -0.05) is 12.1 Å². The Labute approximate surface area is 186 Å². The average Bonchev–Trinajstić information content (AvgIpc) is 3.28. The topological polar surface area (TPSA) is 64.9 Å². The molecule has 1 atom stereocenters. The van der Waals surface area contributed by atoms with Gasteiger partial charge in [-0.2, -0.15) is 5.10 Å². The minimum Gasteiger partial charge on any atom is -0.497 e. The monoisotopic (exact) mass is 429 g/mol. The van der Waals surface area contributed by atoms with E-state index in [-0.39, 0.29) is 11.9 Å². The van der Waals surface area contributed by atoms with Crippen molar-refractivity contribution in [3.8, 4) is 22.8 Å². The molecule has 0 fully saturated rings. The summed E-state index contributed by atoms with van der Waals surface area (Å²) in [6.45, 7) is 0.651. The fourth-order valence-corrected chi connectivity index (χ4v) is 4.18. The van der Waals surface area contributed by atoms with Gasteiger partial charge >= 0.3 is 0 Å². The van der Waals surface area contributed by atoms with Gasteiger partial charge in [0.2, 0.25) is 0 Å². The largest absolute Gasteiger partial charge is 0.497 e. The summed E-state index contributed by atoms with van der Waals surface area (Å²) in [7, 11) is 1.65. The molecule has 0 saturated carbocycles. The van der Waals surface area contributed by atoms with Crippen LogP contribution >= 0.6 is 0 Å². The van der Waals surface area contributed by atoms with Crippen molar-refractivity contribution in [3.05, 3.63) is 89.8 Å². The van der Waals surface area contributed by atoms with Crippen molar-refractivity contribution < 1.29 is 9.13 Å². The third kappa shape index (κ3) is 3.99. The molecule has 4 aromatic rings. The number of methoxy groups -OCH3 is 1. The summed E-state index contributed by atoms with van der Waals surface area (Å²) in [5.74, 6) is 1.23. The Hall–Kier alpha value is -3.58. The summed E-state index contributed by atoms with van der Waals surface area (Å²) < 4.78 is 21.2. The van der Waals surface area contributed by atoms with Crippen LogP contribution in [0.5, 0.6) is 5.75 Å². The lowest BCUT2D eigenvalue weighted by Gasteiger charge is -2.24. The molecule has 162 valence electrons. The summed E-state index contributed by atoms with van der Waals surface area (Å²) in [4.78, 5) is 9.03. The van der Waals surface area contributed by atoms with E-state index in [1.54, 1.807) is 23.9 Å². The maximum atomic E-state index is 14.3. The van der Waals surface area contributed by atoms with Gasteiger partial charge in [-0.25, -0.2) is 19.0 Å². The lowest BCUT2D eigenvalue weighted by atomic mass is 9.92. The molecular formula is C25H24FN5O. The fraction of sp³-hybridized carbons (Fsp3) is 0.240. The molecule has 1 aliphatic carbocycles. The van der Waals surface area contributed by atoms with Gasteiger partial charge in [0.15, 0.2) is 5.82 Å². The number of fused-ring (bicyclic) bond motifs is 1. The van der Waals surface area contributed by atoms with Crippen LogP contribution in [0, 0.1) is 5.82 Å². The first-order valence-corrected chi connectivity index (χ1v) is 10.7. The number of hydrogen-bond acceptors (Lipinski definition) is 5. The molecule has 2 heterocycles. The van der Waals surface area contributed by atoms with Gasteiger partial charge in [-0.3, -0.25) is 0 Å². The summed E-state index contributed by atoms with van der Waals surface area (Å²) in [5.41, 5.74) is 4.66. The van der Waals surface area contributed by atoms with Crippen LogP contribution in [-0.4, -0.2) is 26.9 Å². The zero-order chi connectivity index (χ0) is 21.9. The molecule has 2 aromatic carbocycles. The van der Waals surface area contributed by atoms with Crippen molar-refractivity contribution in [1.82, 2.24) is 25.1 Å². The van der Waals surface area contributed by atoms with Crippen molar-refractivity contribution in [2.75, 3.05) is 7.11 Å². The molecule has 7 heteroatoms. The van der Waals surface area contributed by atoms with Gasteiger partial charge in [-0.15, -0.1) is 0 Å². The van der Waals surface area contributed by atoms with Crippen molar-refractivity contribution in [2.45, 2.75) is 31.8 Å². The highest BCUT2D eigenvalue weighted by molar-refractivity contribution is 5.55. The van der Waals surface area contributed by atoms with Crippen molar-refractivity contribution in [3.63, 3.8) is 0 Å². The first kappa shape index (κ1) is 20.3. The number of nitrogens with one attached hydrogen (secondary N) is 1. The predicted molar refractivity (Wildman–Crippen MR) is 120 cm³/mol. The fourth-order valence-electron chi connectivity index (χ4n) is 4.18. The van der Waals surface area contributed by atoms with Crippen LogP contribution in [-0.2, 0) is 13.0 Å². The quantitative estimate of drug-likeness (QED) is 0.484. The molecular weight excluding hydrogens is 405 g/mol. The number of nitrogens with zero attached hydrogens (tertiary/aromatic N) is 4. The molecule has 1 aliphatic rings. The second-order valence-corrected chi connectivity index (χ2v) is 7.88. The number of para-hydroxylation sites is 1. The summed E-state index contributed by atoms with van der Waals surface area (Å²) in [5, 5.41) is 8.10. The van der Waals surface area contributed by atoms with Crippen LogP contribution in [0.3, 0.4) is 0 Å². The summed E-state index contributed by atoms with van der Waals surface area (Å²) in [6.07, 6.45) is 8.50. The Bertz CT molecular complexity index is 1200. The second-order valence-electron chi connectivity index (χ2n) is 7.88. The molecule has 0 aliphatic heterocycles. The molecule has 0 unspecified atom stereocenters. The highest BCUT2D eigenvalue weighted by Crippen LogP contribution is 2.31. The summed E-state index contributed by atoms with van der Waals surface area (Å²) in [6, 6.07) is 14.6. The minimum absolute atomic E-state index is 0.167. The minimum atomic E-state index is -0.261. The Morgan fingerprint density at radius 3 is 2.59 bits per heavy atom. The van der Waals surface area contributed by atoms with E-state index < -0.39 is 0 Å². The third-order valence-corrected chi connectivity index (χ3v) is 5.87. The maximum absolute atomic E-state index is 14.3. The molecule has 0 amide bonds. The molecule has 32 heavy (non-hydrogen) atoms. The molecule has 6 nitrogen and oxygen atoms in total. The number of aromatic nitrogens is 4. The van der Waals surface area contributed by atoms with Gasteiger partial charge in [0.25, 0.3) is 0 Å². The first-order valence-electron chi connectivity index (χ1n) is 10.7. The standard InChI is InChI=1S/C25H24FN5O/c1-32-19-11-9-18(10-12-19)25-28-14-17(15-29-25)13-27-22-6-4-8-23-20(22)16-30-31(23)24-7-3-2-5-21(24)26/h2-3,5,7,9-12,14-16,22,27H,4,6,8,13H2,1H3/t22-/m1/s1. The van der Waals surface area contributed by atoms with E-state index in [0.717, 1.165) is 47.4 Å². The van der Waals surface area contributed by atoms with Crippen LogP contribution in [0.4, 0.5) is 4.39 Å². The van der Waals surface area contributed by atoms with Crippen molar-refractivity contribution in [1.29, 1.82) is 0 Å². The lowest BCUT2D eigenvalue weighted by molar-refractivity contribution is 0.415. The molecule has 5 rings (SSSR count). The van der Waals surface area contributed by atoms with E-state index in [0.29, 0.717) is 18.1 Å². The van der Waals surface area contributed by atoms with Crippen molar-refractivity contribution >= 4 is 0 Å². The van der Waals surface area contributed by atoms with E-state index in [1.807, 2.05) is 48.9 Å². The Morgan fingerprint density at radius 2 is 1.84 bits per heavy atom. The Balaban J connectivity index is 1.29. The first-order chi connectivity index (χ1) is 15.7. The van der Waals surface area contributed by atoms with Gasteiger partial charge in [0.1, 0.15) is 17.3 Å². The molecule has 0 spiro atoms. The van der Waals surface area contributed by atoms with Gasteiger partial charge in [0.05, 0.1) is 13.3 Å². The highest BCUT2D eigenvalue weighted by Gasteiger charge is 2.25. The van der Waals surface area contributed by atoms with Crippen molar-refractivity contribution in [2.24, 2.45) is 0 Å². The zero-order valence-corrected chi connectivity index (χ0v) is 17.8. The van der Waals surface area contributed by atoms with E-state index in [4.69, 9.17) is 4.74 Å². The van der Waals surface area contributed by atoms with E-state index in [1.165, 1.54) is 6.07 Å². The second kappa shape index (κ2) is 8.88. The third-order valence-electron chi connectivity index (χ3n) is 5.87. The van der Waals surface area contributed by atoms with E-state index in [2.05, 4.69) is 20.4 Å². The maximum Gasteiger partial charge on any atom is 0.159 e. The van der Waals surface area contributed by atoms with E-state index in [9.17, 15) is 4.39 Å². The highest BCUT2D eigenvalue weighted by atomic mass is 19.1. The Morgan fingerprint density at radius 1 is 1.06 bits per heavy atom. The lowest BCUT2D eigenvalue weighted by Crippen LogP contribution is -2.25. The number of halogens is 1. The molecule has 2 aromatic heterocycles. The predicted octanol–water partition coefficient (Wildman–Crippen LogP) is 4.64. The smallest absolute Gasteiger partial charge is 0.159 e. The van der Waals surface area contributed by atoms with Crippen LogP contribution in [0.1, 0.15) is 35.7 Å². The molecule has 0 radical (unpaired) electrons. The zero-order valence-electron chi connectivity index (χ0n) is 17.8. The van der Waals surface area contributed by atoms with Gasteiger partial charge < -0.3 is 10.1 Å².